The van der Waals surface area contributed by atoms with Crippen molar-refractivity contribution < 1.29 is 14.2 Å². The summed E-state index contributed by atoms with van der Waals surface area (Å²) in [6, 6.07) is 17.4. The molecule has 1 aromatic heterocycles. The number of ether oxygens (including phenoxy) is 3. The molecule has 0 amide bonds. The molecule has 2 aliphatic heterocycles. The van der Waals surface area contributed by atoms with E-state index in [1.807, 2.05) is 6.07 Å². The number of aryl methyl sites for hydroxylation is 2. The smallest absolute Gasteiger partial charge is 0.237 e. The second-order valence-corrected chi connectivity index (χ2v) is 14.6. The molecule has 1 spiro atoms. The summed E-state index contributed by atoms with van der Waals surface area (Å²) in [6.45, 7) is 13.4. The Kier molecular flexibility index (Phi) is 8.54. The van der Waals surface area contributed by atoms with Crippen LogP contribution in [-0.4, -0.2) is 35.6 Å². The normalized spacial score (nSPS) is 22.6. The SMILES string of the molecule is Cc1cccc(C)c1-c1cc2nc(n1)NSc1cccc(c1)C(CC1CCC3(CC1)OCCO3)C(CC(C)(C)C)CO2. The Hall–Kier alpha value is -2.61. The molecule has 3 heterocycles. The van der Waals surface area contributed by atoms with E-state index in [0.717, 1.165) is 63.0 Å². The van der Waals surface area contributed by atoms with Crippen LogP contribution in [0.5, 0.6) is 5.88 Å². The van der Waals surface area contributed by atoms with E-state index < -0.39 is 0 Å². The number of fused-ring (bicyclic) bond motifs is 4. The lowest BCUT2D eigenvalue weighted by atomic mass is 9.70. The molecular weight excluding hydrogens is 542 g/mol. The molecule has 3 aromatic rings. The minimum Gasteiger partial charge on any atom is -0.477 e. The third kappa shape index (κ3) is 6.79. The first kappa shape index (κ1) is 29.5. The van der Waals surface area contributed by atoms with Gasteiger partial charge in [-0.3, -0.25) is 4.72 Å². The highest BCUT2D eigenvalue weighted by Gasteiger charge is 2.41. The van der Waals surface area contributed by atoms with Gasteiger partial charge in [-0.2, -0.15) is 4.98 Å². The molecule has 1 aliphatic carbocycles. The van der Waals surface area contributed by atoms with Gasteiger partial charge in [0.2, 0.25) is 11.8 Å². The van der Waals surface area contributed by atoms with Gasteiger partial charge in [0.15, 0.2) is 5.79 Å². The van der Waals surface area contributed by atoms with Gasteiger partial charge in [-0.25, -0.2) is 4.98 Å². The first-order chi connectivity index (χ1) is 20.2. The molecule has 0 radical (unpaired) electrons. The summed E-state index contributed by atoms with van der Waals surface area (Å²) in [5.41, 5.74) is 5.98. The van der Waals surface area contributed by atoms with Gasteiger partial charge in [-0.05, 0) is 97.6 Å². The summed E-state index contributed by atoms with van der Waals surface area (Å²) < 4.78 is 22.2. The molecule has 1 saturated heterocycles. The van der Waals surface area contributed by atoms with Crippen molar-refractivity contribution in [2.75, 3.05) is 24.5 Å². The average molecular weight is 588 g/mol. The van der Waals surface area contributed by atoms with Crippen LogP contribution in [0.25, 0.3) is 11.3 Å². The molecule has 2 atom stereocenters. The average Bonchev–Trinajstić information content (AvgIpc) is 3.41. The number of nitrogens with one attached hydrogen (secondary N) is 1. The molecule has 42 heavy (non-hydrogen) atoms. The number of anilines is 1. The highest BCUT2D eigenvalue weighted by Crippen LogP contribution is 2.46. The van der Waals surface area contributed by atoms with E-state index in [4.69, 9.17) is 24.2 Å². The number of hydrogen-bond donors (Lipinski definition) is 1. The molecule has 2 fully saturated rings. The van der Waals surface area contributed by atoms with Crippen molar-refractivity contribution in [3.8, 4) is 17.1 Å². The predicted octanol–water partition coefficient (Wildman–Crippen LogP) is 8.73. The fourth-order valence-electron chi connectivity index (χ4n) is 7.20. The zero-order valence-corrected chi connectivity index (χ0v) is 26.6. The molecule has 2 unspecified atom stereocenters. The highest BCUT2D eigenvalue weighted by atomic mass is 32.2. The Morgan fingerprint density at radius 1 is 0.952 bits per heavy atom. The maximum absolute atomic E-state index is 6.65. The van der Waals surface area contributed by atoms with Gasteiger partial charge in [-0.15, -0.1) is 0 Å². The molecule has 6 rings (SSSR count). The fraction of sp³-hybridized carbons (Fsp3) is 0.543. The number of benzene rings is 2. The zero-order chi connectivity index (χ0) is 29.3. The van der Waals surface area contributed by atoms with E-state index in [-0.39, 0.29) is 11.2 Å². The quantitative estimate of drug-likeness (QED) is 0.306. The Balaban J connectivity index is 1.33. The van der Waals surface area contributed by atoms with E-state index >= 15 is 0 Å². The first-order valence-electron chi connectivity index (χ1n) is 15.6. The van der Waals surface area contributed by atoms with Crippen LogP contribution in [0.3, 0.4) is 0 Å². The van der Waals surface area contributed by atoms with E-state index in [1.54, 1.807) is 11.9 Å². The molecule has 224 valence electrons. The van der Waals surface area contributed by atoms with E-state index in [9.17, 15) is 0 Å². The second kappa shape index (κ2) is 12.2. The van der Waals surface area contributed by atoms with Crippen LogP contribution in [0.1, 0.15) is 81.9 Å². The van der Waals surface area contributed by atoms with Crippen LogP contribution in [0.4, 0.5) is 5.95 Å². The van der Waals surface area contributed by atoms with Gasteiger partial charge in [-0.1, -0.05) is 51.1 Å². The molecular formula is C35H45N3O3S. The number of rotatable bonds is 4. The predicted molar refractivity (Wildman–Crippen MR) is 170 cm³/mol. The molecule has 2 aromatic carbocycles. The van der Waals surface area contributed by atoms with E-state index in [0.29, 0.717) is 36.2 Å². The van der Waals surface area contributed by atoms with Gasteiger partial charge in [0.05, 0.1) is 25.5 Å². The van der Waals surface area contributed by atoms with Crippen LogP contribution in [0.15, 0.2) is 53.4 Å². The van der Waals surface area contributed by atoms with Crippen molar-refractivity contribution in [3.63, 3.8) is 0 Å². The highest BCUT2D eigenvalue weighted by molar-refractivity contribution is 8.00. The number of hydrogen-bond acceptors (Lipinski definition) is 7. The largest absolute Gasteiger partial charge is 0.477 e. The van der Waals surface area contributed by atoms with E-state index in [2.05, 4.69) is 81.8 Å². The van der Waals surface area contributed by atoms with Gasteiger partial charge >= 0.3 is 0 Å². The summed E-state index contributed by atoms with van der Waals surface area (Å²) in [5.74, 6) is 2.24. The van der Waals surface area contributed by atoms with Crippen LogP contribution >= 0.6 is 11.9 Å². The van der Waals surface area contributed by atoms with Crippen LogP contribution < -0.4 is 9.46 Å². The lowest BCUT2D eigenvalue weighted by molar-refractivity contribution is -0.183. The summed E-state index contributed by atoms with van der Waals surface area (Å²) in [4.78, 5) is 10.9. The molecule has 4 bridgehead atoms. The molecule has 1 N–H and O–H groups in total. The Bertz CT molecular complexity index is 1370. The second-order valence-electron chi connectivity index (χ2n) is 13.7. The van der Waals surface area contributed by atoms with Crippen LogP contribution in [0, 0.1) is 31.1 Å². The van der Waals surface area contributed by atoms with Crippen molar-refractivity contribution in [1.82, 2.24) is 9.97 Å². The van der Waals surface area contributed by atoms with Gasteiger partial charge in [0, 0.05) is 35.3 Å². The van der Waals surface area contributed by atoms with Crippen LogP contribution in [0.2, 0.25) is 0 Å². The van der Waals surface area contributed by atoms with Gasteiger partial charge < -0.3 is 14.2 Å². The number of nitrogens with zero attached hydrogens (tertiary/aromatic N) is 2. The van der Waals surface area contributed by atoms with Crippen molar-refractivity contribution >= 4 is 17.9 Å². The lowest BCUT2D eigenvalue weighted by Crippen LogP contribution is -2.36. The summed E-state index contributed by atoms with van der Waals surface area (Å²) >= 11 is 1.57. The summed E-state index contributed by atoms with van der Waals surface area (Å²) in [6.07, 6.45) is 6.49. The minimum absolute atomic E-state index is 0.166. The maximum atomic E-state index is 6.65. The van der Waals surface area contributed by atoms with Crippen LogP contribution in [-0.2, 0) is 9.47 Å². The van der Waals surface area contributed by atoms with E-state index in [1.165, 1.54) is 21.6 Å². The standard InChI is InChI=1S/C35H45N3O3S/c1-23-8-6-9-24(2)32(23)30-20-31-37-33(36-30)38-42-28-11-7-10-26(19-28)29(27(22-39-31)21-34(3,4)5)18-25-12-14-35(15-13-25)40-16-17-41-35/h6-11,19-20,25,27,29H,12-18,21-22H2,1-5H3,(H,36,37,38). The topological polar surface area (TPSA) is 65.5 Å². The lowest BCUT2D eigenvalue weighted by Gasteiger charge is -2.39. The van der Waals surface area contributed by atoms with Crippen molar-refractivity contribution in [2.24, 2.45) is 17.3 Å². The number of aromatic nitrogens is 2. The Morgan fingerprint density at radius 3 is 2.38 bits per heavy atom. The monoisotopic (exact) mass is 587 g/mol. The van der Waals surface area contributed by atoms with Crippen molar-refractivity contribution in [1.29, 1.82) is 0 Å². The fourth-order valence-corrected chi connectivity index (χ4v) is 7.84. The zero-order valence-electron chi connectivity index (χ0n) is 25.7. The van der Waals surface area contributed by atoms with Crippen molar-refractivity contribution in [3.05, 3.63) is 65.2 Å². The Morgan fingerprint density at radius 2 is 1.67 bits per heavy atom. The molecule has 3 aliphatic rings. The van der Waals surface area contributed by atoms with Crippen molar-refractivity contribution in [2.45, 2.75) is 89.7 Å². The van der Waals surface area contributed by atoms with Gasteiger partial charge in [0.25, 0.3) is 0 Å². The molecule has 1 saturated carbocycles. The Labute approximate surface area is 255 Å². The first-order valence-corrected chi connectivity index (χ1v) is 16.4. The third-order valence-electron chi connectivity index (χ3n) is 9.14. The maximum Gasteiger partial charge on any atom is 0.237 e. The summed E-state index contributed by atoms with van der Waals surface area (Å²) in [7, 11) is 0. The van der Waals surface area contributed by atoms with Gasteiger partial charge in [0.1, 0.15) is 0 Å². The third-order valence-corrected chi connectivity index (χ3v) is 9.92. The minimum atomic E-state index is -0.322. The molecule has 7 heteroatoms. The summed E-state index contributed by atoms with van der Waals surface area (Å²) in [5, 5.41) is 0. The molecule has 6 nitrogen and oxygen atoms in total.